The number of amides is 2. The zero-order valence-electron chi connectivity index (χ0n) is 17.9. The van der Waals surface area contributed by atoms with Crippen molar-refractivity contribution in [1.29, 1.82) is 0 Å². The highest BCUT2D eigenvalue weighted by atomic mass is 19.1. The van der Waals surface area contributed by atoms with E-state index in [2.05, 4.69) is 22.5 Å². The summed E-state index contributed by atoms with van der Waals surface area (Å²) in [6, 6.07) is 0.665. The number of halogens is 1. The average molecular weight is 423 g/mol. The van der Waals surface area contributed by atoms with Crippen molar-refractivity contribution in [3.05, 3.63) is 0 Å². The molecule has 3 saturated heterocycles. The SMILES string of the molecule is CC1CCC(F)C2CC(C(=O)N[C@@H]3CCC[C@H](N4CCN5C(=O)OC[C@H]5C4)C3)NC12. The van der Waals surface area contributed by atoms with Crippen LogP contribution in [0, 0.1) is 11.8 Å². The third-order valence-electron chi connectivity index (χ3n) is 8.31. The summed E-state index contributed by atoms with van der Waals surface area (Å²) in [5, 5.41) is 6.74. The molecular weight excluding hydrogens is 387 g/mol. The summed E-state index contributed by atoms with van der Waals surface area (Å²) in [7, 11) is 0. The molecule has 5 unspecified atom stereocenters. The minimum absolute atomic E-state index is 0.0174. The Kier molecular flexibility index (Phi) is 5.64. The van der Waals surface area contributed by atoms with Gasteiger partial charge in [-0.15, -0.1) is 0 Å². The van der Waals surface area contributed by atoms with Crippen LogP contribution in [0.1, 0.15) is 51.9 Å². The lowest BCUT2D eigenvalue weighted by Crippen LogP contribution is -2.57. The number of alkyl halides is 1. The van der Waals surface area contributed by atoms with Crippen LogP contribution in [-0.4, -0.2) is 84.4 Å². The maximum atomic E-state index is 14.4. The molecule has 2 amide bonds. The van der Waals surface area contributed by atoms with E-state index in [-0.39, 0.29) is 42.1 Å². The van der Waals surface area contributed by atoms with Gasteiger partial charge in [0.05, 0.1) is 12.1 Å². The summed E-state index contributed by atoms with van der Waals surface area (Å²) in [5.74, 6) is 0.467. The first-order valence-electron chi connectivity index (χ1n) is 11.9. The minimum Gasteiger partial charge on any atom is -0.447 e. The Hall–Kier alpha value is -1.41. The Labute approximate surface area is 178 Å². The van der Waals surface area contributed by atoms with E-state index in [0.717, 1.165) is 51.7 Å². The third kappa shape index (κ3) is 3.81. The van der Waals surface area contributed by atoms with Crippen molar-refractivity contribution in [2.24, 2.45) is 11.8 Å². The number of carbonyl (C=O) groups is 2. The zero-order chi connectivity index (χ0) is 20.8. The summed E-state index contributed by atoms with van der Waals surface area (Å²) in [4.78, 5) is 29.0. The van der Waals surface area contributed by atoms with Crippen LogP contribution in [0.2, 0.25) is 0 Å². The van der Waals surface area contributed by atoms with Gasteiger partial charge >= 0.3 is 6.09 Å². The highest BCUT2D eigenvalue weighted by Gasteiger charge is 2.47. The molecular formula is C22H35FN4O3. The third-order valence-corrected chi connectivity index (χ3v) is 8.31. The summed E-state index contributed by atoms with van der Waals surface area (Å²) < 4.78 is 19.6. The van der Waals surface area contributed by atoms with E-state index in [4.69, 9.17) is 4.74 Å². The predicted octanol–water partition coefficient (Wildman–Crippen LogP) is 1.66. The van der Waals surface area contributed by atoms with Crippen LogP contribution in [-0.2, 0) is 9.53 Å². The first-order chi connectivity index (χ1) is 14.5. The van der Waals surface area contributed by atoms with Crippen LogP contribution in [0.3, 0.4) is 0 Å². The van der Waals surface area contributed by atoms with E-state index in [1.165, 1.54) is 0 Å². The molecule has 5 aliphatic rings. The van der Waals surface area contributed by atoms with Gasteiger partial charge in [-0.2, -0.15) is 0 Å². The van der Waals surface area contributed by atoms with Gasteiger partial charge < -0.3 is 15.4 Å². The largest absolute Gasteiger partial charge is 0.447 e. The summed E-state index contributed by atoms with van der Waals surface area (Å²) in [5.41, 5.74) is 0. The van der Waals surface area contributed by atoms with Gasteiger partial charge in [0.15, 0.2) is 0 Å². The van der Waals surface area contributed by atoms with Gasteiger partial charge in [0.2, 0.25) is 5.91 Å². The van der Waals surface area contributed by atoms with E-state index in [9.17, 15) is 14.0 Å². The molecule has 5 rings (SSSR count). The number of fused-ring (bicyclic) bond motifs is 2. The molecule has 0 aromatic carbocycles. The van der Waals surface area contributed by atoms with E-state index < -0.39 is 6.17 Å². The van der Waals surface area contributed by atoms with Gasteiger partial charge in [-0.3, -0.25) is 14.6 Å². The Morgan fingerprint density at radius 1 is 1.17 bits per heavy atom. The lowest BCUT2D eigenvalue weighted by Gasteiger charge is -2.43. The molecule has 5 fully saturated rings. The van der Waals surface area contributed by atoms with Crippen molar-refractivity contribution >= 4 is 12.0 Å². The van der Waals surface area contributed by atoms with Crippen molar-refractivity contribution < 1.29 is 18.7 Å². The maximum absolute atomic E-state index is 14.4. The molecule has 168 valence electrons. The Morgan fingerprint density at radius 2 is 2.03 bits per heavy atom. The first-order valence-corrected chi connectivity index (χ1v) is 11.9. The Balaban J connectivity index is 1.14. The van der Waals surface area contributed by atoms with Crippen LogP contribution < -0.4 is 10.6 Å². The molecule has 0 radical (unpaired) electrons. The highest BCUT2D eigenvalue weighted by molar-refractivity contribution is 5.82. The normalized spacial score (nSPS) is 44.3. The minimum atomic E-state index is -0.777. The fourth-order valence-corrected chi connectivity index (χ4v) is 6.57. The Morgan fingerprint density at radius 3 is 2.87 bits per heavy atom. The van der Waals surface area contributed by atoms with Gasteiger partial charge in [0, 0.05) is 43.7 Å². The topological polar surface area (TPSA) is 73.9 Å². The molecule has 2 aliphatic carbocycles. The molecule has 0 spiro atoms. The molecule has 2 N–H and O–H groups in total. The molecule has 8 heteroatoms. The molecule has 3 aliphatic heterocycles. The molecule has 0 bridgehead atoms. The Bertz CT molecular complexity index is 661. The van der Waals surface area contributed by atoms with Crippen LogP contribution in [0.15, 0.2) is 0 Å². The number of hydrogen-bond donors (Lipinski definition) is 2. The van der Waals surface area contributed by atoms with Crippen LogP contribution in [0.25, 0.3) is 0 Å². The standard InChI is InChI=1S/C22H35FN4O3/c1-13-5-6-18(23)17-10-19(25-20(13)17)21(28)24-14-3-2-4-15(9-14)26-7-8-27-16(11-26)12-30-22(27)29/h13-20,25H,2-12H2,1H3,(H,24,28)/t13?,14-,15+,16-,17?,18?,19?,20?/m1/s1. The molecule has 7 nitrogen and oxygen atoms in total. The number of carbonyl (C=O) groups excluding carboxylic acids is 2. The van der Waals surface area contributed by atoms with Gasteiger partial charge in [0.25, 0.3) is 0 Å². The van der Waals surface area contributed by atoms with E-state index in [1.54, 1.807) is 0 Å². The number of rotatable bonds is 3. The van der Waals surface area contributed by atoms with Gasteiger partial charge in [-0.05, 0) is 50.9 Å². The van der Waals surface area contributed by atoms with Crippen molar-refractivity contribution in [1.82, 2.24) is 20.4 Å². The first kappa shape index (κ1) is 20.5. The summed E-state index contributed by atoms with van der Waals surface area (Å²) >= 11 is 0. The second kappa shape index (κ2) is 8.26. The number of nitrogens with zero attached hydrogens (tertiary/aromatic N) is 2. The van der Waals surface area contributed by atoms with Crippen LogP contribution in [0.5, 0.6) is 0 Å². The molecule has 0 aromatic heterocycles. The fourth-order valence-electron chi connectivity index (χ4n) is 6.57. The van der Waals surface area contributed by atoms with E-state index in [1.807, 2.05) is 4.90 Å². The molecule has 0 aromatic rings. The zero-order valence-corrected chi connectivity index (χ0v) is 17.9. The highest BCUT2D eigenvalue weighted by Crippen LogP contribution is 2.38. The quantitative estimate of drug-likeness (QED) is 0.724. The number of ether oxygens (including phenoxy) is 1. The summed E-state index contributed by atoms with van der Waals surface area (Å²) in [6.45, 7) is 5.13. The monoisotopic (exact) mass is 422 g/mol. The van der Waals surface area contributed by atoms with Crippen molar-refractivity contribution in [3.63, 3.8) is 0 Å². The second-order valence-electron chi connectivity index (χ2n) is 10.2. The molecule has 30 heavy (non-hydrogen) atoms. The second-order valence-corrected chi connectivity index (χ2v) is 10.2. The molecule has 2 saturated carbocycles. The van der Waals surface area contributed by atoms with Crippen molar-refractivity contribution in [2.45, 2.75) is 88.3 Å². The van der Waals surface area contributed by atoms with Gasteiger partial charge in [0.1, 0.15) is 12.8 Å². The fraction of sp³-hybridized carbons (Fsp3) is 0.909. The van der Waals surface area contributed by atoms with Crippen molar-refractivity contribution in [2.75, 3.05) is 26.2 Å². The van der Waals surface area contributed by atoms with E-state index in [0.29, 0.717) is 31.4 Å². The molecule has 3 heterocycles. The lowest BCUT2D eigenvalue weighted by atomic mass is 9.77. The number of nitrogens with one attached hydrogen (secondary N) is 2. The van der Waals surface area contributed by atoms with Gasteiger partial charge in [-0.25, -0.2) is 9.18 Å². The van der Waals surface area contributed by atoms with E-state index >= 15 is 0 Å². The number of cyclic esters (lactones) is 1. The number of piperazine rings is 1. The molecule has 8 atom stereocenters. The van der Waals surface area contributed by atoms with Gasteiger partial charge in [-0.1, -0.05) is 6.92 Å². The summed E-state index contributed by atoms with van der Waals surface area (Å²) in [6.07, 6.45) is 5.40. The van der Waals surface area contributed by atoms with Crippen LogP contribution >= 0.6 is 0 Å². The lowest BCUT2D eigenvalue weighted by molar-refractivity contribution is -0.124. The number of hydrogen-bond acceptors (Lipinski definition) is 5. The smallest absolute Gasteiger partial charge is 0.410 e. The van der Waals surface area contributed by atoms with Crippen LogP contribution in [0.4, 0.5) is 9.18 Å². The maximum Gasteiger partial charge on any atom is 0.410 e. The van der Waals surface area contributed by atoms with Crippen molar-refractivity contribution in [3.8, 4) is 0 Å². The average Bonchev–Trinajstić information content (AvgIpc) is 3.36. The predicted molar refractivity (Wildman–Crippen MR) is 110 cm³/mol.